The second-order valence-electron chi connectivity index (χ2n) is 5.46. The quantitative estimate of drug-likeness (QED) is 0.365. The molecular formula is C17H12FN3O6. The number of non-ortho nitro benzene ring substituents is 1. The minimum absolute atomic E-state index is 0.138. The van der Waals surface area contributed by atoms with Gasteiger partial charge in [-0.05, 0) is 30.3 Å². The molecule has 2 N–H and O–H groups in total. The van der Waals surface area contributed by atoms with Crippen LogP contribution in [-0.2, 0) is 9.59 Å². The lowest BCUT2D eigenvalue weighted by molar-refractivity contribution is -0.385. The van der Waals surface area contributed by atoms with Crippen LogP contribution in [-0.4, -0.2) is 29.0 Å². The van der Waals surface area contributed by atoms with Gasteiger partial charge < -0.3 is 9.84 Å². The topological polar surface area (TPSA) is 122 Å². The molecule has 0 aromatic heterocycles. The van der Waals surface area contributed by atoms with Gasteiger partial charge in [0, 0.05) is 11.6 Å². The number of hydrogen-bond acceptors (Lipinski definition) is 6. The van der Waals surface area contributed by atoms with E-state index in [1.54, 1.807) is 0 Å². The van der Waals surface area contributed by atoms with Crippen molar-refractivity contribution < 1.29 is 28.7 Å². The Morgan fingerprint density at radius 3 is 2.52 bits per heavy atom. The molecule has 0 unspecified atom stereocenters. The van der Waals surface area contributed by atoms with Gasteiger partial charge in [-0.3, -0.25) is 25.1 Å². The van der Waals surface area contributed by atoms with Crippen molar-refractivity contribution in [2.45, 2.75) is 0 Å². The first-order valence-corrected chi connectivity index (χ1v) is 7.50. The molecule has 0 bridgehead atoms. The van der Waals surface area contributed by atoms with Crippen LogP contribution >= 0.6 is 0 Å². The lowest BCUT2D eigenvalue weighted by atomic mass is 10.1. The number of anilines is 1. The van der Waals surface area contributed by atoms with Gasteiger partial charge in [-0.1, -0.05) is 0 Å². The van der Waals surface area contributed by atoms with Crippen molar-refractivity contribution in [1.82, 2.24) is 5.43 Å². The van der Waals surface area contributed by atoms with Crippen molar-refractivity contribution in [3.63, 3.8) is 0 Å². The van der Waals surface area contributed by atoms with Crippen LogP contribution in [0.4, 0.5) is 15.8 Å². The summed E-state index contributed by atoms with van der Waals surface area (Å²) in [7, 11) is 1.21. The van der Waals surface area contributed by atoms with Crippen LogP contribution in [0.2, 0.25) is 0 Å². The van der Waals surface area contributed by atoms with Gasteiger partial charge >= 0.3 is 0 Å². The van der Waals surface area contributed by atoms with E-state index in [0.717, 1.165) is 35.4 Å². The largest absolute Gasteiger partial charge is 0.504 e. The van der Waals surface area contributed by atoms with Crippen LogP contribution in [0.3, 0.4) is 0 Å². The molecule has 0 atom stereocenters. The minimum Gasteiger partial charge on any atom is -0.504 e. The van der Waals surface area contributed by atoms with Gasteiger partial charge in [-0.15, -0.1) is 0 Å². The summed E-state index contributed by atoms with van der Waals surface area (Å²) < 4.78 is 17.9. The molecule has 138 valence electrons. The van der Waals surface area contributed by atoms with Crippen LogP contribution < -0.4 is 15.2 Å². The Labute approximate surface area is 151 Å². The maximum absolute atomic E-state index is 13.0. The summed E-state index contributed by atoms with van der Waals surface area (Å²) >= 11 is 0. The molecular weight excluding hydrogens is 361 g/mol. The van der Waals surface area contributed by atoms with Gasteiger partial charge in [-0.25, -0.2) is 9.40 Å². The van der Waals surface area contributed by atoms with Crippen molar-refractivity contribution in [3.05, 3.63) is 63.5 Å². The normalized spacial score (nSPS) is 15.2. The molecule has 1 heterocycles. The van der Waals surface area contributed by atoms with Crippen molar-refractivity contribution in [1.29, 1.82) is 0 Å². The Morgan fingerprint density at radius 1 is 1.26 bits per heavy atom. The standard InChI is InChI=1S/C17H12FN3O6/c1-27-14-8-12(21(25)26)6-9(15(14)22)7-13-16(23)19-20(17(13)24)11-4-2-10(18)3-5-11/h2-8,22H,1H3,(H,19,23)/b13-7-. The number of aromatic hydroxyl groups is 1. The second-order valence-corrected chi connectivity index (χ2v) is 5.46. The number of hydrazine groups is 1. The summed E-state index contributed by atoms with van der Waals surface area (Å²) in [6, 6.07) is 6.85. The first kappa shape index (κ1) is 17.9. The Hall–Kier alpha value is -3.95. The average Bonchev–Trinajstić information content (AvgIpc) is 2.92. The fourth-order valence-electron chi connectivity index (χ4n) is 2.47. The fraction of sp³-hybridized carbons (Fsp3) is 0.0588. The monoisotopic (exact) mass is 373 g/mol. The molecule has 0 saturated carbocycles. The molecule has 1 saturated heterocycles. The Bertz CT molecular complexity index is 987. The summed E-state index contributed by atoms with van der Waals surface area (Å²) in [5, 5.41) is 22.1. The van der Waals surface area contributed by atoms with E-state index in [1.807, 2.05) is 0 Å². The number of halogens is 1. The summed E-state index contributed by atoms with van der Waals surface area (Å²) in [6.45, 7) is 0. The van der Waals surface area contributed by atoms with E-state index >= 15 is 0 Å². The van der Waals surface area contributed by atoms with Crippen molar-refractivity contribution in [3.8, 4) is 11.5 Å². The maximum atomic E-state index is 13.0. The Morgan fingerprint density at radius 2 is 1.93 bits per heavy atom. The third kappa shape index (κ3) is 3.27. The van der Waals surface area contributed by atoms with Crippen LogP contribution in [0.5, 0.6) is 11.5 Å². The molecule has 9 nitrogen and oxygen atoms in total. The molecule has 10 heteroatoms. The predicted octanol–water partition coefficient (Wildman–Crippen LogP) is 1.91. The molecule has 27 heavy (non-hydrogen) atoms. The molecule has 1 aliphatic rings. The number of methoxy groups -OCH3 is 1. The van der Waals surface area contributed by atoms with Gasteiger partial charge in [0.15, 0.2) is 11.5 Å². The molecule has 3 rings (SSSR count). The Kier molecular flexibility index (Phi) is 4.46. The zero-order chi connectivity index (χ0) is 19.7. The number of rotatable bonds is 4. The molecule has 0 spiro atoms. The van der Waals surface area contributed by atoms with Crippen molar-refractivity contribution >= 4 is 29.3 Å². The van der Waals surface area contributed by atoms with Crippen LogP contribution in [0, 0.1) is 15.9 Å². The maximum Gasteiger partial charge on any atom is 0.282 e. The summed E-state index contributed by atoms with van der Waals surface area (Å²) in [5.41, 5.74) is 1.63. The zero-order valence-corrected chi connectivity index (χ0v) is 13.8. The molecule has 2 aromatic carbocycles. The fourth-order valence-corrected chi connectivity index (χ4v) is 2.47. The highest BCUT2D eigenvalue weighted by Crippen LogP contribution is 2.36. The minimum atomic E-state index is -0.783. The second kappa shape index (κ2) is 6.75. The number of benzene rings is 2. The smallest absolute Gasteiger partial charge is 0.282 e. The molecule has 0 aliphatic carbocycles. The summed E-state index contributed by atoms with van der Waals surface area (Å²) in [4.78, 5) is 35.0. The van der Waals surface area contributed by atoms with Gasteiger partial charge in [0.25, 0.3) is 17.5 Å². The highest BCUT2D eigenvalue weighted by Gasteiger charge is 2.35. The lowest BCUT2D eigenvalue weighted by Gasteiger charge is -2.14. The van der Waals surface area contributed by atoms with E-state index in [2.05, 4.69) is 5.43 Å². The lowest BCUT2D eigenvalue weighted by Crippen LogP contribution is -2.35. The number of carbonyl (C=O) groups is 2. The number of nitrogens with one attached hydrogen (secondary N) is 1. The van der Waals surface area contributed by atoms with Crippen LogP contribution in [0.15, 0.2) is 42.0 Å². The molecule has 1 fully saturated rings. The average molecular weight is 373 g/mol. The molecule has 1 aliphatic heterocycles. The first-order valence-electron chi connectivity index (χ1n) is 7.50. The van der Waals surface area contributed by atoms with E-state index < -0.39 is 34.0 Å². The van der Waals surface area contributed by atoms with E-state index in [9.17, 15) is 29.2 Å². The summed E-state index contributed by atoms with van der Waals surface area (Å²) in [6.07, 6.45) is 1.02. The number of nitro benzene ring substituents is 1. The number of nitrogens with zero attached hydrogens (tertiary/aromatic N) is 2. The number of nitro groups is 1. The van der Waals surface area contributed by atoms with Gasteiger partial charge in [0.1, 0.15) is 11.4 Å². The number of amides is 2. The number of phenolic OH excluding ortho intramolecular Hbond substituents is 1. The van der Waals surface area contributed by atoms with Gasteiger partial charge in [-0.2, -0.15) is 0 Å². The van der Waals surface area contributed by atoms with E-state index in [-0.39, 0.29) is 22.6 Å². The van der Waals surface area contributed by atoms with Crippen molar-refractivity contribution in [2.75, 3.05) is 12.1 Å². The number of hydrogen-bond donors (Lipinski definition) is 2. The highest BCUT2D eigenvalue weighted by molar-refractivity contribution is 6.31. The number of phenols is 1. The van der Waals surface area contributed by atoms with E-state index in [1.165, 1.54) is 19.2 Å². The molecule has 0 radical (unpaired) electrons. The third-order valence-corrected chi connectivity index (χ3v) is 3.80. The van der Waals surface area contributed by atoms with Gasteiger partial charge in [0.2, 0.25) is 0 Å². The highest BCUT2D eigenvalue weighted by atomic mass is 19.1. The van der Waals surface area contributed by atoms with E-state index in [0.29, 0.717) is 0 Å². The first-order chi connectivity index (χ1) is 12.8. The third-order valence-electron chi connectivity index (χ3n) is 3.80. The predicted molar refractivity (Wildman–Crippen MR) is 91.3 cm³/mol. The van der Waals surface area contributed by atoms with Crippen LogP contribution in [0.25, 0.3) is 6.08 Å². The summed E-state index contributed by atoms with van der Waals surface area (Å²) in [5.74, 6) is -2.71. The molecule has 2 amide bonds. The molecule has 2 aromatic rings. The van der Waals surface area contributed by atoms with Crippen molar-refractivity contribution in [2.24, 2.45) is 0 Å². The van der Waals surface area contributed by atoms with E-state index in [4.69, 9.17) is 4.74 Å². The number of carbonyl (C=O) groups excluding carboxylic acids is 2. The van der Waals surface area contributed by atoms with Gasteiger partial charge in [0.05, 0.1) is 23.8 Å². The SMILES string of the molecule is COc1cc([N+](=O)[O-])cc(/C=C2/C(=O)NN(c3ccc(F)cc3)C2=O)c1O. The van der Waals surface area contributed by atoms with Crippen LogP contribution in [0.1, 0.15) is 5.56 Å². The number of ether oxygens (including phenoxy) is 1. The zero-order valence-electron chi connectivity index (χ0n) is 13.8. The Balaban J connectivity index is 2.03.